The lowest BCUT2D eigenvalue weighted by Crippen LogP contribution is -2.50. The molecule has 1 aliphatic heterocycles. The van der Waals surface area contributed by atoms with Crippen molar-refractivity contribution < 1.29 is 28.7 Å². The van der Waals surface area contributed by atoms with Gasteiger partial charge in [-0.25, -0.2) is 5.01 Å². The molecule has 1 saturated heterocycles. The number of ether oxygens (including phenoxy) is 2. The number of benzene rings is 3. The summed E-state index contributed by atoms with van der Waals surface area (Å²) in [5.74, 6) is -0.604. The van der Waals surface area contributed by atoms with E-state index in [4.69, 9.17) is 9.47 Å². The number of hydrazine groups is 1. The van der Waals surface area contributed by atoms with Gasteiger partial charge in [-0.15, -0.1) is 0 Å². The summed E-state index contributed by atoms with van der Waals surface area (Å²) in [6, 6.07) is 18.0. The van der Waals surface area contributed by atoms with Crippen LogP contribution < -0.4 is 30.5 Å². The molecule has 184 valence electrons. The van der Waals surface area contributed by atoms with E-state index >= 15 is 0 Å². The van der Waals surface area contributed by atoms with Gasteiger partial charge >= 0.3 is 0 Å². The van der Waals surface area contributed by atoms with Gasteiger partial charge in [-0.3, -0.25) is 24.6 Å². The van der Waals surface area contributed by atoms with Crippen molar-refractivity contribution in [1.82, 2.24) is 5.43 Å². The summed E-state index contributed by atoms with van der Waals surface area (Å²) in [6.07, 6.45) is 0.271. The molecule has 3 aromatic carbocycles. The maximum absolute atomic E-state index is 12.9. The minimum Gasteiger partial charge on any atom is -0.494 e. The van der Waals surface area contributed by atoms with E-state index in [0.717, 1.165) is 0 Å². The molecule has 0 atom stereocenters. The van der Waals surface area contributed by atoms with E-state index in [9.17, 15) is 19.2 Å². The van der Waals surface area contributed by atoms with Crippen LogP contribution in [0.15, 0.2) is 66.7 Å². The van der Waals surface area contributed by atoms with E-state index in [1.165, 1.54) is 31.4 Å². The zero-order valence-corrected chi connectivity index (χ0v) is 19.7. The molecule has 36 heavy (non-hydrogen) atoms. The molecular weight excluding hydrogens is 464 g/mol. The lowest BCUT2D eigenvalue weighted by molar-refractivity contribution is -0.130. The maximum Gasteiger partial charge on any atom is 0.255 e. The van der Waals surface area contributed by atoms with Crippen LogP contribution in [-0.2, 0) is 9.59 Å². The summed E-state index contributed by atoms with van der Waals surface area (Å²) < 4.78 is 10.8. The fourth-order valence-corrected chi connectivity index (χ4v) is 3.62. The SMILES string of the molecule is COc1cc(NC(=O)c2ccc(N3NC(=O)CCC3=O)cc2)c(OC)cc1NC(=O)c1ccccc1. The van der Waals surface area contributed by atoms with E-state index in [1.807, 2.05) is 6.07 Å². The predicted octanol–water partition coefficient (Wildman–Crippen LogP) is 3.37. The Kier molecular flexibility index (Phi) is 7.15. The van der Waals surface area contributed by atoms with Crippen LogP contribution in [0.5, 0.6) is 11.5 Å². The monoisotopic (exact) mass is 488 g/mol. The van der Waals surface area contributed by atoms with Gasteiger partial charge in [0.25, 0.3) is 11.8 Å². The molecule has 1 fully saturated rings. The van der Waals surface area contributed by atoms with Crippen LogP contribution in [0.25, 0.3) is 0 Å². The molecule has 0 bridgehead atoms. The van der Waals surface area contributed by atoms with Crippen molar-refractivity contribution in [2.75, 3.05) is 29.9 Å². The Bertz CT molecular complexity index is 1310. The van der Waals surface area contributed by atoms with Gasteiger partial charge < -0.3 is 20.1 Å². The fourth-order valence-electron chi connectivity index (χ4n) is 3.62. The Balaban J connectivity index is 1.52. The topological polar surface area (TPSA) is 126 Å². The number of rotatable bonds is 7. The first-order chi connectivity index (χ1) is 17.4. The van der Waals surface area contributed by atoms with Crippen LogP contribution in [0.4, 0.5) is 17.1 Å². The summed E-state index contributed by atoms with van der Waals surface area (Å²) in [5.41, 5.74) is 4.46. The number of amides is 4. The highest BCUT2D eigenvalue weighted by molar-refractivity contribution is 6.08. The zero-order valence-electron chi connectivity index (χ0n) is 19.7. The highest BCUT2D eigenvalue weighted by Crippen LogP contribution is 2.37. The maximum atomic E-state index is 12.9. The molecule has 0 saturated carbocycles. The summed E-state index contributed by atoms with van der Waals surface area (Å²) in [6.45, 7) is 0. The number of anilines is 3. The highest BCUT2D eigenvalue weighted by atomic mass is 16.5. The van der Waals surface area contributed by atoms with Crippen molar-refractivity contribution in [3.63, 3.8) is 0 Å². The second kappa shape index (κ2) is 10.6. The Morgan fingerprint density at radius 1 is 0.778 bits per heavy atom. The number of carbonyl (C=O) groups excluding carboxylic acids is 4. The van der Waals surface area contributed by atoms with Crippen molar-refractivity contribution in [2.45, 2.75) is 12.8 Å². The first-order valence-corrected chi connectivity index (χ1v) is 11.1. The van der Waals surface area contributed by atoms with Crippen LogP contribution >= 0.6 is 0 Å². The summed E-state index contributed by atoms with van der Waals surface area (Å²) in [7, 11) is 2.89. The molecule has 0 aromatic heterocycles. The number of nitrogens with zero attached hydrogens (tertiary/aromatic N) is 1. The van der Waals surface area contributed by atoms with Crippen LogP contribution in [0.1, 0.15) is 33.6 Å². The third-order valence-corrected chi connectivity index (χ3v) is 5.49. The van der Waals surface area contributed by atoms with Gasteiger partial charge in [0.15, 0.2) is 0 Å². The third-order valence-electron chi connectivity index (χ3n) is 5.49. The average Bonchev–Trinajstić information content (AvgIpc) is 2.91. The number of methoxy groups -OCH3 is 2. The molecule has 1 aliphatic rings. The van der Waals surface area contributed by atoms with E-state index in [-0.39, 0.29) is 30.6 Å². The first kappa shape index (κ1) is 24.3. The summed E-state index contributed by atoms with van der Waals surface area (Å²) >= 11 is 0. The van der Waals surface area contributed by atoms with Gasteiger partial charge in [0.2, 0.25) is 11.8 Å². The molecule has 1 heterocycles. The molecule has 10 nitrogen and oxygen atoms in total. The van der Waals surface area contributed by atoms with Crippen molar-refractivity contribution >= 4 is 40.7 Å². The van der Waals surface area contributed by atoms with Crippen LogP contribution in [0.3, 0.4) is 0 Å². The van der Waals surface area contributed by atoms with Gasteiger partial charge in [-0.05, 0) is 36.4 Å². The largest absolute Gasteiger partial charge is 0.494 e. The Morgan fingerprint density at radius 3 is 1.83 bits per heavy atom. The summed E-state index contributed by atoms with van der Waals surface area (Å²) in [4.78, 5) is 49.2. The van der Waals surface area contributed by atoms with Gasteiger partial charge in [0.1, 0.15) is 11.5 Å². The highest BCUT2D eigenvalue weighted by Gasteiger charge is 2.24. The van der Waals surface area contributed by atoms with E-state index < -0.39 is 5.91 Å². The lowest BCUT2D eigenvalue weighted by Gasteiger charge is -2.27. The van der Waals surface area contributed by atoms with Gasteiger partial charge in [0, 0.05) is 36.1 Å². The quantitative estimate of drug-likeness (QED) is 0.468. The van der Waals surface area contributed by atoms with Gasteiger partial charge in [0.05, 0.1) is 31.3 Å². The van der Waals surface area contributed by atoms with Crippen LogP contribution in [-0.4, -0.2) is 37.8 Å². The normalized spacial score (nSPS) is 13.0. The van der Waals surface area contributed by atoms with Crippen LogP contribution in [0.2, 0.25) is 0 Å². The van der Waals surface area contributed by atoms with Crippen molar-refractivity contribution in [3.05, 3.63) is 77.9 Å². The Labute approximate surface area is 207 Å². The first-order valence-electron chi connectivity index (χ1n) is 11.1. The molecule has 0 radical (unpaired) electrons. The summed E-state index contributed by atoms with van der Waals surface area (Å²) in [5, 5.41) is 6.73. The van der Waals surface area contributed by atoms with Crippen molar-refractivity contribution in [1.29, 1.82) is 0 Å². The second-order valence-corrected chi connectivity index (χ2v) is 7.84. The van der Waals surface area contributed by atoms with Gasteiger partial charge in [-0.2, -0.15) is 0 Å². The Hall–Kier alpha value is -4.86. The van der Waals surface area contributed by atoms with E-state index in [2.05, 4.69) is 16.1 Å². The minimum absolute atomic E-state index is 0.123. The molecule has 3 N–H and O–H groups in total. The molecule has 3 aromatic rings. The molecule has 4 amide bonds. The van der Waals surface area contributed by atoms with Gasteiger partial charge in [-0.1, -0.05) is 18.2 Å². The molecule has 10 heteroatoms. The second-order valence-electron chi connectivity index (χ2n) is 7.84. The number of hydrogen-bond acceptors (Lipinski definition) is 6. The predicted molar refractivity (Wildman–Crippen MR) is 133 cm³/mol. The Morgan fingerprint density at radius 2 is 1.31 bits per heavy atom. The molecule has 0 aliphatic carbocycles. The fraction of sp³-hybridized carbons (Fsp3) is 0.154. The van der Waals surface area contributed by atoms with Crippen molar-refractivity contribution in [3.8, 4) is 11.5 Å². The van der Waals surface area contributed by atoms with E-state index in [1.54, 1.807) is 48.5 Å². The third kappa shape index (κ3) is 5.27. The van der Waals surface area contributed by atoms with Crippen molar-refractivity contribution in [2.24, 2.45) is 0 Å². The number of nitrogens with one attached hydrogen (secondary N) is 3. The molecular formula is C26H24N4O6. The lowest BCUT2D eigenvalue weighted by atomic mass is 10.1. The minimum atomic E-state index is -0.433. The molecule has 4 rings (SSSR count). The zero-order chi connectivity index (χ0) is 25.7. The van der Waals surface area contributed by atoms with E-state index in [0.29, 0.717) is 39.7 Å². The number of carbonyl (C=O) groups is 4. The number of hydrogen-bond donors (Lipinski definition) is 3. The molecule has 0 unspecified atom stereocenters. The molecule has 0 spiro atoms. The smallest absolute Gasteiger partial charge is 0.255 e. The van der Waals surface area contributed by atoms with Crippen LogP contribution in [0, 0.1) is 0 Å². The standard InChI is InChI=1S/C26H24N4O6/c1-35-21-15-20(22(36-2)14-19(21)27-25(33)16-6-4-3-5-7-16)28-26(34)17-8-10-18(11-9-17)30-24(32)13-12-23(31)29-30/h3-11,14-15H,12-13H2,1-2H3,(H,27,33)(H,28,34)(H,29,31). The average molecular weight is 489 g/mol.